The maximum absolute atomic E-state index is 8.82. The van der Waals surface area contributed by atoms with Gasteiger partial charge in [0.25, 0.3) is 0 Å². The lowest BCUT2D eigenvalue weighted by atomic mass is 10.1. The second kappa shape index (κ2) is 5.94. The Bertz CT molecular complexity index is 438. The SMILES string of the molecule is CN1CCC(CN(C)Cc2ccnc(C#N)c2)C1. The van der Waals surface area contributed by atoms with Crippen LogP contribution >= 0.6 is 0 Å². The first-order valence-corrected chi connectivity index (χ1v) is 6.39. The Kier molecular flexibility index (Phi) is 4.29. The molecule has 96 valence electrons. The van der Waals surface area contributed by atoms with Gasteiger partial charge in [0.2, 0.25) is 0 Å². The number of aromatic nitrogens is 1. The molecule has 1 aliphatic rings. The van der Waals surface area contributed by atoms with Crippen LogP contribution in [0.4, 0.5) is 0 Å². The van der Waals surface area contributed by atoms with Crippen LogP contribution in [0.1, 0.15) is 17.7 Å². The predicted octanol–water partition coefficient (Wildman–Crippen LogP) is 1.34. The van der Waals surface area contributed by atoms with Gasteiger partial charge < -0.3 is 9.80 Å². The molecule has 0 amide bonds. The van der Waals surface area contributed by atoms with Gasteiger partial charge in [-0.3, -0.25) is 0 Å². The summed E-state index contributed by atoms with van der Waals surface area (Å²) in [4.78, 5) is 8.71. The molecule has 1 unspecified atom stereocenters. The zero-order valence-electron chi connectivity index (χ0n) is 11.1. The minimum atomic E-state index is 0.501. The predicted molar refractivity (Wildman–Crippen MR) is 70.9 cm³/mol. The molecule has 1 atom stereocenters. The van der Waals surface area contributed by atoms with Gasteiger partial charge in [0.1, 0.15) is 11.8 Å². The van der Waals surface area contributed by atoms with Crippen molar-refractivity contribution in [3.63, 3.8) is 0 Å². The Morgan fingerprint density at radius 3 is 3.11 bits per heavy atom. The lowest BCUT2D eigenvalue weighted by Crippen LogP contribution is -2.27. The van der Waals surface area contributed by atoms with Gasteiger partial charge in [-0.25, -0.2) is 4.98 Å². The van der Waals surface area contributed by atoms with Crippen molar-refractivity contribution in [1.29, 1.82) is 5.26 Å². The summed E-state index contributed by atoms with van der Waals surface area (Å²) in [5.41, 5.74) is 1.66. The topological polar surface area (TPSA) is 43.2 Å². The van der Waals surface area contributed by atoms with Crippen molar-refractivity contribution >= 4 is 0 Å². The van der Waals surface area contributed by atoms with Gasteiger partial charge in [-0.2, -0.15) is 5.26 Å². The fraction of sp³-hybridized carbons (Fsp3) is 0.571. The summed E-state index contributed by atoms with van der Waals surface area (Å²) >= 11 is 0. The Labute approximate surface area is 109 Å². The maximum atomic E-state index is 8.82. The molecule has 2 heterocycles. The van der Waals surface area contributed by atoms with Crippen molar-refractivity contribution in [3.05, 3.63) is 29.6 Å². The lowest BCUT2D eigenvalue weighted by molar-refractivity contribution is 0.267. The largest absolute Gasteiger partial charge is 0.306 e. The zero-order valence-corrected chi connectivity index (χ0v) is 11.1. The third-order valence-electron chi connectivity index (χ3n) is 3.45. The molecule has 4 nitrogen and oxygen atoms in total. The minimum absolute atomic E-state index is 0.501. The third kappa shape index (κ3) is 3.52. The van der Waals surface area contributed by atoms with Crippen LogP contribution in [0.15, 0.2) is 18.3 Å². The van der Waals surface area contributed by atoms with E-state index in [9.17, 15) is 0 Å². The van der Waals surface area contributed by atoms with E-state index in [0.29, 0.717) is 5.69 Å². The highest BCUT2D eigenvalue weighted by molar-refractivity contribution is 5.25. The van der Waals surface area contributed by atoms with Gasteiger partial charge in [0.05, 0.1) is 0 Å². The van der Waals surface area contributed by atoms with Crippen LogP contribution < -0.4 is 0 Å². The molecule has 1 aromatic heterocycles. The smallest absolute Gasteiger partial charge is 0.140 e. The molecule has 1 fully saturated rings. The summed E-state index contributed by atoms with van der Waals surface area (Å²) in [5.74, 6) is 0.775. The Hall–Kier alpha value is -1.44. The molecular formula is C14H20N4. The van der Waals surface area contributed by atoms with Crippen LogP contribution in [0.2, 0.25) is 0 Å². The molecule has 1 aliphatic heterocycles. The van der Waals surface area contributed by atoms with E-state index >= 15 is 0 Å². The second-order valence-electron chi connectivity index (χ2n) is 5.27. The van der Waals surface area contributed by atoms with E-state index in [2.05, 4.69) is 34.9 Å². The van der Waals surface area contributed by atoms with E-state index in [4.69, 9.17) is 5.26 Å². The average Bonchev–Trinajstić information content (AvgIpc) is 2.74. The highest BCUT2D eigenvalue weighted by atomic mass is 15.1. The van der Waals surface area contributed by atoms with Crippen molar-refractivity contribution < 1.29 is 0 Å². The molecule has 0 aliphatic carbocycles. The highest BCUT2D eigenvalue weighted by Gasteiger charge is 2.20. The fourth-order valence-electron chi connectivity index (χ4n) is 2.63. The summed E-state index contributed by atoms with van der Waals surface area (Å²) in [6.45, 7) is 4.42. The Morgan fingerprint density at radius 1 is 1.61 bits per heavy atom. The Balaban J connectivity index is 1.87. The molecule has 2 rings (SSSR count). The van der Waals surface area contributed by atoms with Crippen LogP contribution in [0, 0.1) is 17.2 Å². The minimum Gasteiger partial charge on any atom is -0.306 e. The normalized spacial score (nSPS) is 20.2. The molecule has 1 saturated heterocycles. The van der Waals surface area contributed by atoms with Crippen molar-refractivity contribution in [1.82, 2.24) is 14.8 Å². The van der Waals surface area contributed by atoms with Gasteiger partial charge in [0, 0.05) is 25.8 Å². The molecule has 0 spiro atoms. The average molecular weight is 244 g/mol. The standard InChI is InChI=1S/C14H20N4/c1-17-6-4-13(10-17)11-18(2)9-12-3-5-16-14(7-12)8-15/h3,5,7,13H,4,6,9-11H2,1-2H3. The molecule has 1 aromatic rings. The fourth-order valence-corrected chi connectivity index (χ4v) is 2.63. The van der Waals surface area contributed by atoms with E-state index in [1.807, 2.05) is 12.1 Å². The van der Waals surface area contributed by atoms with E-state index < -0.39 is 0 Å². The second-order valence-corrected chi connectivity index (χ2v) is 5.27. The number of nitriles is 1. The van der Waals surface area contributed by atoms with Gasteiger partial charge in [-0.05, 0) is 50.7 Å². The van der Waals surface area contributed by atoms with Crippen LogP contribution in [0.3, 0.4) is 0 Å². The van der Waals surface area contributed by atoms with Crippen molar-refractivity contribution in [2.24, 2.45) is 5.92 Å². The van der Waals surface area contributed by atoms with Gasteiger partial charge in [0.15, 0.2) is 0 Å². The lowest BCUT2D eigenvalue weighted by Gasteiger charge is -2.20. The summed E-state index contributed by atoms with van der Waals surface area (Å²) in [5, 5.41) is 8.82. The zero-order chi connectivity index (χ0) is 13.0. The quantitative estimate of drug-likeness (QED) is 0.801. The summed E-state index contributed by atoms with van der Waals surface area (Å²) in [7, 11) is 4.33. The van der Waals surface area contributed by atoms with Crippen LogP contribution in [0.5, 0.6) is 0 Å². The molecule has 0 N–H and O–H groups in total. The third-order valence-corrected chi connectivity index (χ3v) is 3.45. The number of hydrogen-bond acceptors (Lipinski definition) is 4. The first-order valence-electron chi connectivity index (χ1n) is 6.39. The number of likely N-dealkylation sites (tertiary alicyclic amines) is 1. The van der Waals surface area contributed by atoms with Crippen molar-refractivity contribution in [2.75, 3.05) is 33.7 Å². The van der Waals surface area contributed by atoms with E-state index in [0.717, 1.165) is 24.6 Å². The number of rotatable bonds is 4. The molecule has 4 heteroatoms. The Morgan fingerprint density at radius 2 is 2.44 bits per heavy atom. The molecule has 0 radical (unpaired) electrons. The molecular weight excluding hydrogens is 224 g/mol. The first-order chi connectivity index (χ1) is 8.67. The summed E-state index contributed by atoms with van der Waals surface area (Å²) < 4.78 is 0. The van der Waals surface area contributed by atoms with Crippen LogP contribution in [0.25, 0.3) is 0 Å². The van der Waals surface area contributed by atoms with Gasteiger partial charge in [-0.1, -0.05) is 0 Å². The number of pyridine rings is 1. The van der Waals surface area contributed by atoms with E-state index in [-0.39, 0.29) is 0 Å². The van der Waals surface area contributed by atoms with Crippen LogP contribution in [-0.2, 0) is 6.54 Å². The van der Waals surface area contributed by atoms with Gasteiger partial charge >= 0.3 is 0 Å². The van der Waals surface area contributed by atoms with Crippen molar-refractivity contribution in [3.8, 4) is 6.07 Å². The number of hydrogen-bond donors (Lipinski definition) is 0. The van der Waals surface area contributed by atoms with E-state index in [1.54, 1.807) is 6.20 Å². The molecule has 18 heavy (non-hydrogen) atoms. The monoisotopic (exact) mass is 244 g/mol. The summed E-state index contributed by atoms with van der Waals surface area (Å²) in [6.07, 6.45) is 3.01. The summed E-state index contributed by atoms with van der Waals surface area (Å²) in [6, 6.07) is 5.94. The first kappa shape index (κ1) is 13.0. The number of nitrogens with zero attached hydrogens (tertiary/aromatic N) is 4. The molecule has 0 bridgehead atoms. The van der Waals surface area contributed by atoms with Crippen LogP contribution in [-0.4, -0.2) is 48.5 Å². The maximum Gasteiger partial charge on any atom is 0.140 e. The van der Waals surface area contributed by atoms with Gasteiger partial charge in [-0.15, -0.1) is 0 Å². The van der Waals surface area contributed by atoms with Crippen molar-refractivity contribution in [2.45, 2.75) is 13.0 Å². The highest BCUT2D eigenvalue weighted by Crippen LogP contribution is 2.16. The molecule has 0 aromatic carbocycles. The molecule has 0 saturated carbocycles. The van der Waals surface area contributed by atoms with E-state index in [1.165, 1.54) is 19.5 Å².